The zero-order valence-corrected chi connectivity index (χ0v) is 15.1. The highest BCUT2D eigenvalue weighted by Gasteiger charge is 2.21. The summed E-state index contributed by atoms with van der Waals surface area (Å²) in [4.78, 5) is 28.1. The van der Waals surface area contributed by atoms with Crippen molar-refractivity contribution in [2.24, 2.45) is 0 Å². The molecule has 3 rings (SSSR count). The number of carbonyl (C=O) groups is 2. The van der Waals surface area contributed by atoms with Gasteiger partial charge in [-0.3, -0.25) is 9.59 Å². The van der Waals surface area contributed by atoms with Gasteiger partial charge in [-0.2, -0.15) is 0 Å². The molecule has 0 bridgehead atoms. The van der Waals surface area contributed by atoms with Gasteiger partial charge >= 0.3 is 0 Å². The average molecular weight is 351 g/mol. The molecule has 1 heterocycles. The summed E-state index contributed by atoms with van der Waals surface area (Å²) < 4.78 is 0. The number of nitrogens with one attached hydrogen (secondary N) is 1. The van der Waals surface area contributed by atoms with Crippen molar-refractivity contribution in [1.82, 2.24) is 5.32 Å². The first-order valence-electron chi connectivity index (χ1n) is 9.17. The van der Waals surface area contributed by atoms with Crippen LogP contribution < -0.4 is 15.1 Å². The zero-order valence-electron chi connectivity index (χ0n) is 15.1. The minimum atomic E-state index is -0.0894. The van der Waals surface area contributed by atoms with Crippen molar-refractivity contribution in [3.05, 3.63) is 60.2 Å². The smallest absolute Gasteiger partial charge is 0.251 e. The molecule has 1 aliphatic rings. The van der Waals surface area contributed by atoms with Crippen molar-refractivity contribution in [3.63, 3.8) is 0 Å². The molecule has 0 aromatic heterocycles. The van der Waals surface area contributed by atoms with Gasteiger partial charge in [0.15, 0.2) is 0 Å². The highest BCUT2D eigenvalue weighted by Crippen LogP contribution is 2.21. The second-order valence-corrected chi connectivity index (χ2v) is 6.37. The van der Waals surface area contributed by atoms with Crippen molar-refractivity contribution < 1.29 is 9.59 Å². The first-order chi connectivity index (χ1) is 12.7. The quantitative estimate of drug-likeness (QED) is 0.834. The van der Waals surface area contributed by atoms with Crippen LogP contribution in [0.3, 0.4) is 0 Å². The number of likely N-dealkylation sites (N-methyl/N-ethyl adjacent to an activating group) is 1. The van der Waals surface area contributed by atoms with E-state index in [-0.39, 0.29) is 11.8 Å². The molecule has 0 atom stereocenters. The maximum atomic E-state index is 12.3. The Morgan fingerprint density at radius 2 is 1.85 bits per heavy atom. The molecule has 0 spiro atoms. The summed E-state index contributed by atoms with van der Waals surface area (Å²) >= 11 is 0. The lowest BCUT2D eigenvalue weighted by molar-refractivity contribution is -0.117. The van der Waals surface area contributed by atoms with E-state index in [9.17, 15) is 9.59 Å². The molecule has 0 aliphatic carbocycles. The van der Waals surface area contributed by atoms with E-state index >= 15 is 0 Å². The highest BCUT2D eigenvalue weighted by molar-refractivity contribution is 5.97. The van der Waals surface area contributed by atoms with Crippen LogP contribution in [0.25, 0.3) is 0 Å². The lowest BCUT2D eigenvalue weighted by Crippen LogP contribution is -2.35. The van der Waals surface area contributed by atoms with Gasteiger partial charge in [-0.25, -0.2) is 0 Å². The zero-order chi connectivity index (χ0) is 18.4. The fraction of sp³-hybridized carbons (Fsp3) is 0.333. The normalized spacial score (nSPS) is 13.7. The Labute approximate surface area is 154 Å². The molecule has 1 aliphatic heterocycles. The molecule has 1 fully saturated rings. The standard InChI is InChI=1S/C21H25N3O2/c1-2-23(18-7-4-3-5-8-18)16-14-22-21(26)17-10-12-19(13-11-17)24-15-6-9-20(24)25/h3-5,7-8,10-13H,2,6,9,14-16H2,1H3,(H,22,26). The number of benzene rings is 2. The van der Waals surface area contributed by atoms with Crippen LogP contribution in [0.1, 0.15) is 30.1 Å². The number of para-hydroxylation sites is 1. The van der Waals surface area contributed by atoms with Crippen LogP contribution in [0.5, 0.6) is 0 Å². The van der Waals surface area contributed by atoms with Crippen molar-refractivity contribution >= 4 is 23.2 Å². The summed E-state index contributed by atoms with van der Waals surface area (Å²) in [6.07, 6.45) is 1.51. The summed E-state index contributed by atoms with van der Waals surface area (Å²) in [6.45, 7) is 5.09. The third-order valence-corrected chi connectivity index (χ3v) is 4.68. The molecule has 5 heteroatoms. The summed E-state index contributed by atoms with van der Waals surface area (Å²) in [5.74, 6) is 0.0659. The second-order valence-electron chi connectivity index (χ2n) is 6.37. The maximum Gasteiger partial charge on any atom is 0.251 e. The Balaban J connectivity index is 1.52. The molecule has 2 aromatic rings. The minimum Gasteiger partial charge on any atom is -0.370 e. The molecule has 26 heavy (non-hydrogen) atoms. The average Bonchev–Trinajstić information content (AvgIpc) is 3.12. The predicted octanol–water partition coefficient (Wildman–Crippen LogP) is 3.07. The summed E-state index contributed by atoms with van der Waals surface area (Å²) in [5.41, 5.74) is 2.64. The molecule has 5 nitrogen and oxygen atoms in total. The Morgan fingerprint density at radius 3 is 2.46 bits per heavy atom. The van der Waals surface area contributed by atoms with Crippen molar-refractivity contribution in [1.29, 1.82) is 0 Å². The molecule has 2 aromatic carbocycles. The topological polar surface area (TPSA) is 52.7 Å². The fourth-order valence-electron chi connectivity index (χ4n) is 3.23. The van der Waals surface area contributed by atoms with Gasteiger partial charge in [0, 0.05) is 49.5 Å². The number of hydrogen-bond acceptors (Lipinski definition) is 3. The second kappa shape index (κ2) is 8.52. The van der Waals surface area contributed by atoms with E-state index in [1.807, 2.05) is 30.3 Å². The molecule has 0 saturated carbocycles. The van der Waals surface area contributed by atoms with E-state index in [0.717, 1.165) is 37.4 Å². The number of carbonyl (C=O) groups excluding carboxylic acids is 2. The van der Waals surface area contributed by atoms with Gasteiger partial charge in [0.25, 0.3) is 5.91 Å². The monoisotopic (exact) mass is 351 g/mol. The van der Waals surface area contributed by atoms with E-state index in [2.05, 4.69) is 29.3 Å². The number of nitrogens with zero attached hydrogens (tertiary/aromatic N) is 2. The Hall–Kier alpha value is -2.82. The maximum absolute atomic E-state index is 12.3. The lowest BCUT2D eigenvalue weighted by Gasteiger charge is -2.23. The molecule has 2 amide bonds. The van der Waals surface area contributed by atoms with Crippen LogP contribution in [0.2, 0.25) is 0 Å². The number of rotatable bonds is 7. The largest absolute Gasteiger partial charge is 0.370 e. The van der Waals surface area contributed by atoms with Crippen LogP contribution in [-0.4, -0.2) is 38.0 Å². The first kappa shape index (κ1) is 18.0. The van der Waals surface area contributed by atoms with Crippen LogP contribution in [0.4, 0.5) is 11.4 Å². The summed E-state index contributed by atoms with van der Waals surface area (Å²) in [6, 6.07) is 17.4. The van der Waals surface area contributed by atoms with Gasteiger partial charge in [0.2, 0.25) is 5.91 Å². The molecule has 0 radical (unpaired) electrons. The molecule has 1 saturated heterocycles. The van der Waals surface area contributed by atoms with E-state index < -0.39 is 0 Å². The molecule has 1 N–H and O–H groups in total. The number of hydrogen-bond donors (Lipinski definition) is 1. The Bertz CT molecular complexity index is 744. The third-order valence-electron chi connectivity index (χ3n) is 4.68. The van der Waals surface area contributed by atoms with Crippen LogP contribution in [0, 0.1) is 0 Å². The highest BCUT2D eigenvalue weighted by atomic mass is 16.2. The molecular formula is C21H25N3O2. The van der Waals surface area contributed by atoms with Crippen molar-refractivity contribution in [3.8, 4) is 0 Å². The van der Waals surface area contributed by atoms with Gasteiger partial charge in [-0.05, 0) is 49.7 Å². The van der Waals surface area contributed by atoms with Crippen LogP contribution in [0.15, 0.2) is 54.6 Å². The van der Waals surface area contributed by atoms with Crippen molar-refractivity contribution in [2.45, 2.75) is 19.8 Å². The van der Waals surface area contributed by atoms with Gasteiger partial charge < -0.3 is 15.1 Å². The molecule has 0 unspecified atom stereocenters. The fourth-order valence-corrected chi connectivity index (χ4v) is 3.23. The predicted molar refractivity (Wildman–Crippen MR) is 105 cm³/mol. The number of anilines is 2. The van der Waals surface area contributed by atoms with E-state index in [1.165, 1.54) is 0 Å². The third kappa shape index (κ3) is 4.23. The van der Waals surface area contributed by atoms with E-state index in [1.54, 1.807) is 17.0 Å². The lowest BCUT2D eigenvalue weighted by atomic mass is 10.2. The van der Waals surface area contributed by atoms with Crippen LogP contribution in [-0.2, 0) is 4.79 Å². The van der Waals surface area contributed by atoms with E-state index in [4.69, 9.17) is 0 Å². The summed E-state index contributed by atoms with van der Waals surface area (Å²) in [7, 11) is 0. The molecular weight excluding hydrogens is 326 g/mol. The molecule has 136 valence electrons. The minimum absolute atomic E-state index is 0.0894. The first-order valence-corrected chi connectivity index (χ1v) is 9.17. The Morgan fingerprint density at radius 1 is 1.12 bits per heavy atom. The summed E-state index contributed by atoms with van der Waals surface area (Å²) in [5, 5.41) is 2.97. The SMILES string of the molecule is CCN(CCNC(=O)c1ccc(N2CCCC2=O)cc1)c1ccccc1. The van der Waals surface area contributed by atoms with Crippen molar-refractivity contribution in [2.75, 3.05) is 36.0 Å². The Kier molecular flexibility index (Phi) is 5.89. The number of amides is 2. The van der Waals surface area contributed by atoms with Gasteiger partial charge in [0.05, 0.1) is 0 Å². The van der Waals surface area contributed by atoms with Crippen LogP contribution >= 0.6 is 0 Å². The van der Waals surface area contributed by atoms with Gasteiger partial charge in [-0.15, -0.1) is 0 Å². The van der Waals surface area contributed by atoms with Gasteiger partial charge in [0.1, 0.15) is 0 Å². The van der Waals surface area contributed by atoms with Gasteiger partial charge in [-0.1, -0.05) is 18.2 Å². The van der Waals surface area contributed by atoms with E-state index in [0.29, 0.717) is 18.5 Å².